The van der Waals surface area contributed by atoms with Gasteiger partial charge in [-0.1, -0.05) is 0 Å². The minimum atomic E-state index is -0.534. The van der Waals surface area contributed by atoms with Gasteiger partial charge in [0.05, 0.1) is 24.6 Å². The van der Waals surface area contributed by atoms with Crippen LogP contribution in [-0.4, -0.2) is 36.5 Å². The number of methoxy groups -OCH3 is 1. The largest absolute Gasteiger partial charge is 0.397 e. The Hall–Kier alpha value is -1.33. The van der Waals surface area contributed by atoms with Gasteiger partial charge < -0.3 is 20.9 Å². The van der Waals surface area contributed by atoms with Crippen molar-refractivity contribution in [2.75, 3.05) is 31.3 Å². The molecule has 0 spiro atoms. The molecule has 1 heterocycles. The summed E-state index contributed by atoms with van der Waals surface area (Å²) in [5.41, 5.74) is 7.16. The average Bonchev–Trinajstić information content (AvgIpc) is 2.17. The molecule has 1 aromatic rings. The van der Waals surface area contributed by atoms with E-state index in [9.17, 15) is 5.11 Å². The molecule has 84 valence electrons. The maximum absolute atomic E-state index is 9.42. The number of nitrogens with zero attached hydrogens (tertiary/aromatic N) is 1. The lowest BCUT2D eigenvalue weighted by atomic mass is 10.2. The van der Waals surface area contributed by atoms with Crippen LogP contribution in [0.3, 0.4) is 0 Å². The van der Waals surface area contributed by atoms with E-state index in [0.29, 0.717) is 18.8 Å². The van der Waals surface area contributed by atoms with Gasteiger partial charge in [-0.25, -0.2) is 4.98 Å². The SMILES string of the molecule is COCC(O)CNc1ncc(N)cc1C. The molecule has 5 heteroatoms. The highest BCUT2D eigenvalue weighted by Crippen LogP contribution is 2.13. The van der Waals surface area contributed by atoms with E-state index in [4.69, 9.17) is 10.5 Å². The van der Waals surface area contributed by atoms with Gasteiger partial charge in [-0.05, 0) is 18.6 Å². The van der Waals surface area contributed by atoms with Gasteiger partial charge in [-0.15, -0.1) is 0 Å². The normalized spacial score (nSPS) is 12.5. The molecular weight excluding hydrogens is 194 g/mol. The first-order chi connectivity index (χ1) is 7.13. The second-order valence-corrected chi connectivity index (χ2v) is 3.42. The van der Waals surface area contributed by atoms with Crippen LogP contribution in [0.4, 0.5) is 11.5 Å². The molecule has 0 aliphatic carbocycles. The van der Waals surface area contributed by atoms with Crippen LogP contribution in [0.1, 0.15) is 5.56 Å². The van der Waals surface area contributed by atoms with Crippen LogP contribution in [0, 0.1) is 6.92 Å². The van der Waals surface area contributed by atoms with Crippen molar-refractivity contribution in [2.24, 2.45) is 0 Å². The minimum Gasteiger partial charge on any atom is -0.397 e. The predicted molar refractivity (Wildman–Crippen MR) is 59.8 cm³/mol. The number of hydrogen-bond acceptors (Lipinski definition) is 5. The Labute approximate surface area is 89.3 Å². The summed E-state index contributed by atoms with van der Waals surface area (Å²) in [6.07, 6.45) is 1.05. The van der Waals surface area contributed by atoms with Gasteiger partial charge in [-0.2, -0.15) is 0 Å². The highest BCUT2D eigenvalue weighted by atomic mass is 16.5. The number of nitrogen functional groups attached to an aromatic ring is 1. The molecule has 1 aromatic heterocycles. The lowest BCUT2D eigenvalue weighted by Gasteiger charge is -2.12. The Kier molecular flexibility index (Phi) is 4.33. The van der Waals surface area contributed by atoms with E-state index in [1.807, 2.05) is 13.0 Å². The molecule has 1 atom stereocenters. The van der Waals surface area contributed by atoms with E-state index in [-0.39, 0.29) is 0 Å². The Morgan fingerprint density at radius 1 is 1.67 bits per heavy atom. The summed E-state index contributed by atoms with van der Waals surface area (Å²) >= 11 is 0. The summed E-state index contributed by atoms with van der Waals surface area (Å²) in [7, 11) is 1.55. The van der Waals surface area contributed by atoms with Crippen LogP contribution in [0.2, 0.25) is 0 Å². The lowest BCUT2D eigenvalue weighted by Crippen LogP contribution is -2.24. The zero-order chi connectivity index (χ0) is 11.3. The Bertz CT molecular complexity index is 318. The van der Waals surface area contributed by atoms with Crippen LogP contribution in [0.25, 0.3) is 0 Å². The van der Waals surface area contributed by atoms with Gasteiger partial charge >= 0.3 is 0 Å². The molecule has 0 bridgehead atoms. The molecule has 1 unspecified atom stereocenters. The molecule has 0 aromatic carbocycles. The van der Waals surface area contributed by atoms with Crippen molar-refractivity contribution in [2.45, 2.75) is 13.0 Å². The Morgan fingerprint density at radius 2 is 2.40 bits per heavy atom. The van der Waals surface area contributed by atoms with Crippen molar-refractivity contribution in [3.8, 4) is 0 Å². The van der Waals surface area contributed by atoms with Crippen molar-refractivity contribution in [1.82, 2.24) is 4.98 Å². The topological polar surface area (TPSA) is 80.4 Å². The third-order valence-electron chi connectivity index (χ3n) is 1.96. The molecule has 0 amide bonds. The molecule has 0 aliphatic heterocycles. The number of pyridine rings is 1. The number of hydrogen-bond donors (Lipinski definition) is 3. The van der Waals surface area contributed by atoms with Gasteiger partial charge in [0.2, 0.25) is 0 Å². The molecule has 0 radical (unpaired) electrons. The number of anilines is 2. The number of aliphatic hydroxyl groups excluding tert-OH is 1. The molecule has 1 rings (SSSR count). The summed E-state index contributed by atoms with van der Waals surface area (Å²) in [6, 6.07) is 1.83. The Morgan fingerprint density at radius 3 is 3.00 bits per heavy atom. The van der Waals surface area contributed by atoms with E-state index in [2.05, 4.69) is 10.3 Å². The third-order valence-corrected chi connectivity index (χ3v) is 1.96. The van der Waals surface area contributed by atoms with E-state index < -0.39 is 6.10 Å². The zero-order valence-electron chi connectivity index (χ0n) is 9.03. The van der Waals surface area contributed by atoms with Crippen LogP contribution in [0.15, 0.2) is 12.3 Å². The first-order valence-corrected chi connectivity index (χ1v) is 4.76. The van der Waals surface area contributed by atoms with Crippen molar-refractivity contribution < 1.29 is 9.84 Å². The molecular formula is C10H17N3O2. The zero-order valence-corrected chi connectivity index (χ0v) is 9.03. The molecule has 0 saturated carbocycles. The number of rotatable bonds is 5. The van der Waals surface area contributed by atoms with E-state index in [1.165, 1.54) is 0 Å². The predicted octanol–water partition coefficient (Wildman–Crippen LogP) is 0.391. The van der Waals surface area contributed by atoms with Crippen LogP contribution < -0.4 is 11.1 Å². The van der Waals surface area contributed by atoms with Crippen molar-refractivity contribution in [3.63, 3.8) is 0 Å². The van der Waals surface area contributed by atoms with Gasteiger partial charge in [0.25, 0.3) is 0 Å². The first-order valence-electron chi connectivity index (χ1n) is 4.76. The second kappa shape index (κ2) is 5.53. The summed E-state index contributed by atoms with van der Waals surface area (Å²) in [6.45, 7) is 2.63. The molecule has 15 heavy (non-hydrogen) atoms. The van der Waals surface area contributed by atoms with E-state index in [1.54, 1.807) is 13.3 Å². The summed E-state index contributed by atoms with van der Waals surface area (Å²) in [5, 5.41) is 12.4. The smallest absolute Gasteiger partial charge is 0.129 e. The molecule has 4 N–H and O–H groups in total. The van der Waals surface area contributed by atoms with Crippen molar-refractivity contribution in [3.05, 3.63) is 17.8 Å². The minimum absolute atomic E-state index is 0.307. The van der Waals surface area contributed by atoms with E-state index >= 15 is 0 Å². The Balaban J connectivity index is 2.50. The summed E-state index contributed by atoms with van der Waals surface area (Å²) in [4.78, 5) is 4.12. The average molecular weight is 211 g/mol. The van der Waals surface area contributed by atoms with Crippen LogP contribution in [0.5, 0.6) is 0 Å². The highest BCUT2D eigenvalue weighted by molar-refractivity contribution is 5.50. The number of nitrogens with two attached hydrogens (primary N) is 1. The van der Waals surface area contributed by atoms with E-state index in [0.717, 1.165) is 11.4 Å². The van der Waals surface area contributed by atoms with Crippen LogP contribution in [-0.2, 0) is 4.74 Å². The quantitative estimate of drug-likeness (QED) is 0.656. The molecule has 0 saturated heterocycles. The number of ether oxygens (including phenoxy) is 1. The van der Waals surface area contributed by atoms with Gasteiger partial charge in [0.1, 0.15) is 5.82 Å². The standard InChI is InChI=1S/C10H17N3O2/c1-7-3-8(11)4-12-10(7)13-5-9(14)6-15-2/h3-4,9,14H,5-6,11H2,1-2H3,(H,12,13). The maximum Gasteiger partial charge on any atom is 0.129 e. The maximum atomic E-state index is 9.42. The highest BCUT2D eigenvalue weighted by Gasteiger charge is 2.05. The van der Waals surface area contributed by atoms with Gasteiger partial charge in [-0.3, -0.25) is 0 Å². The van der Waals surface area contributed by atoms with Crippen molar-refractivity contribution in [1.29, 1.82) is 0 Å². The molecule has 0 fully saturated rings. The fourth-order valence-electron chi connectivity index (χ4n) is 1.25. The fourth-order valence-corrected chi connectivity index (χ4v) is 1.25. The summed E-state index contributed by atoms with van der Waals surface area (Å²) in [5.74, 6) is 0.736. The monoisotopic (exact) mass is 211 g/mol. The molecule has 0 aliphatic rings. The van der Waals surface area contributed by atoms with Crippen molar-refractivity contribution >= 4 is 11.5 Å². The van der Waals surface area contributed by atoms with Crippen LogP contribution >= 0.6 is 0 Å². The van der Waals surface area contributed by atoms with Gasteiger partial charge in [0.15, 0.2) is 0 Å². The number of aryl methyl sites for hydroxylation is 1. The number of aliphatic hydroxyl groups is 1. The second-order valence-electron chi connectivity index (χ2n) is 3.42. The number of aromatic nitrogens is 1. The fraction of sp³-hybridized carbons (Fsp3) is 0.500. The third kappa shape index (κ3) is 3.73. The first kappa shape index (κ1) is 11.7. The molecule has 5 nitrogen and oxygen atoms in total. The summed E-state index contributed by atoms with van der Waals surface area (Å²) < 4.78 is 4.81. The number of nitrogens with one attached hydrogen (secondary N) is 1. The lowest BCUT2D eigenvalue weighted by molar-refractivity contribution is 0.0727. The van der Waals surface area contributed by atoms with Gasteiger partial charge in [0, 0.05) is 13.7 Å².